The molecule has 2 rings (SSSR count). The van der Waals surface area contributed by atoms with Crippen LogP contribution in [0.2, 0.25) is 0 Å². The van der Waals surface area contributed by atoms with Crippen LogP contribution in [0.3, 0.4) is 0 Å². The Morgan fingerprint density at radius 1 is 1.11 bits per heavy atom. The Hall–Kier alpha value is -1.54. The minimum absolute atomic E-state index is 0.0399. The van der Waals surface area contributed by atoms with E-state index < -0.39 is 0 Å². The Kier molecular flexibility index (Phi) is 4.21. The number of benzene rings is 2. The highest BCUT2D eigenvalue weighted by molar-refractivity contribution is 6.21. The van der Waals surface area contributed by atoms with Gasteiger partial charge in [-0.2, -0.15) is 0 Å². The van der Waals surface area contributed by atoms with E-state index in [9.17, 15) is 4.39 Å². The third-order valence-electron chi connectivity index (χ3n) is 2.79. The molecule has 94 valence electrons. The first-order chi connectivity index (χ1) is 8.66. The van der Waals surface area contributed by atoms with Crippen LogP contribution in [0.1, 0.15) is 23.4 Å². The van der Waals surface area contributed by atoms with Gasteiger partial charge in [-0.15, -0.1) is 11.6 Å². The lowest BCUT2D eigenvalue weighted by Gasteiger charge is -2.13. The Morgan fingerprint density at radius 3 is 2.44 bits per heavy atom. The third-order valence-corrected chi connectivity index (χ3v) is 3.02. The fourth-order valence-corrected chi connectivity index (χ4v) is 1.99. The molecule has 0 amide bonds. The number of alkyl halides is 1. The topological polar surface area (TPSA) is 12.0 Å². The summed E-state index contributed by atoms with van der Waals surface area (Å²) in [5.74, 6) is -0.214. The molecule has 1 N–H and O–H groups in total. The fourth-order valence-electron chi connectivity index (χ4n) is 1.80. The van der Waals surface area contributed by atoms with E-state index in [4.69, 9.17) is 11.6 Å². The highest BCUT2D eigenvalue weighted by Gasteiger charge is 2.06. The van der Waals surface area contributed by atoms with Gasteiger partial charge in [0.25, 0.3) is 0 Å². The monoisotopic (exact) mass is 263 g/mol. The molecule has 2 aromatic rings. The van der Waals surface area contributed by atoms with Gasteiger partial charge in [-0.1, -0.05) is 30.3 Å². The predicted octanol–water partition coefficient (Wildman–Crippen LogP) is 4.74. The van der Waals surface area contributed by atoms with E-state index in [1.54, 1.807) is 12.1 Å². The molecule has 0 bridgehead atoms. The van der Waals surface area contributed by atoms with Crippen LogP contribution in [0.4, 0.5) is 10.1 Å². The zero-order valence-electron chi connectivity index (χ0n) is 10.2. The van der Waals surface area contributed by atoms with Crippen molar-refractivity contribution in [1.82, 2.24) is 0 Å². The lowest BCUT2D eigenvalue weighted by atomic mass is 10.1. The second-order valence-electron chi connectivity index (χ2n) is 4.18. The number of anilines is 1. The van der Waals surface area contributed by atoms with Crippen LogP contribution in [0.5, 0.6) is 0 Å². The quantitative estimate of drug-likeness (QED) is 0.786. The summed E-state index contributed by atoms with van der Waals surface area (Å²) in [7, 11) is 0. The van der Waals surface area contributed by atoms with Crippen molar-refractivity contribution < 1.29 is 4.39 Å². The van der Waals surface area contributed by atoms with E-state index >= 15 is 0 Å². The van der Waals surface area contributed by atoms with Crippen molar-refractivity contribution in [3.05, 3.63) is 65.5 Å². The molecule has 2 aromatic carbocycles. The molecule has 0 radical (unpaired) electrons. The minimum atomic E-state index is -0.214. The van der Waals surface area contributed by atoms with E-state index in [1.165, 1.54) is 12.1 Å². The Balaban J connectivity index is 2.08. The van der Waals surface area contributed by atoms with E-state index in [0.717, 1.165) is 16.8 Å². The van der Waals surface area contributed by atoms with E-state index in [1.807, 2.05) is 31.2 Å². The van der Waals surface area contributed by atoms with Crippen LogP contribution in [0.15, 0.2) is 48.5 Å². The zero-order chi connectivity index (χ0) is 13.0. The predicted molar refractivity (Wildman–Crippen MR) is 74.4 cm³/mol. The van der Waals surface area contributed by atoms with Crippen molar-refractivity contribution in [2.45, 2.75) is 18.8 Å². The van der Waals surface area contributed by atoms with Crippen LogP contribution in [0, 0.1) is 5.82 Å². The van der Waals surface area contributed by atoms with Crippen molar-refractivity contribution >= 4 is 17.3 Å². The van der Waals surface area contributed by atoms with Gasteiger partial charge in [0.15, 0.2) is 0 Å². The van der Waals surface area contributed by atoms with Gasteiger partial charge in [-0.05, 0) is 36.2 Å². The summed E-state index contributed by atoms with van der Waals surface area (Å²) in [5.41, 5.74) is 3.12. The Labute approximate surface area is 112 Å². The minimum Gasteiger partial charge on any atom is -0.381 e. The molecule has 0 aliphatic carbocycles. The highest BCUT2D eigenvalue weighted by atomic mass is 35.5. The summed E-state index contributed by atoms with van der Waals surface area (Å²) in [6.45, 7) is 2.60. The maximum Gasteiger partial charge on any atom is 0.123 e. The largest absolute Gasteiger partial charge is 0.381 e. The van der Waals surface area contributed by atoms with Gasteiger partial charge in [-0.3, -0.25) is 0 Å². The van der Waals surface area contributed by atoms with Crippen LogP contribution >= 0.6 is 11.6 Å². The molecule has 0 heterocycles. The summed E-state index contributed by atoms with van der Waals surface area (Å²) in [5, 5.41) is 3.28. The van der Waals surface area contributed by atoms with Crippen molar-refractivity contribution in [3.63, 3.8) is 0 Å². The van der Waals surface area contributed by atoms with E-state index in [0.29, 0.717) is 6.54 Å². The molecule has 0 spiro atoms. The van der Waals surface area contributed by atoms with E-state index in [2.05, 4.69) is 5.32 Å². The van der Waals surface area contributed by atoms with E-state index in [-0.39, 0.29) is 11.2 Å². The van der Waals surface area contributed by atoms with Gasteiger partial charge in [0.1, 0.15) is 5.82 Å². The molecule has 0 aliphatic rings. The second-order valence-corrected chi connectivity index (χ2v) is 4.84. The van der Waals surface area contributed by atoms with Crippen LogP contribution in [0.25, 0.3) is 0 Å². The van der Waals surface area contributed by atoms with Gasteiger partial charge in [0.2, 0.25) is 0 Å². The maximum atomic E-state index is 12.8. The van der Waals surface area contributed by atoms with Crippen LogP contribution < -0.4 is 5.32 Å². The van der Waals surface area contributed by atoms with Gasteiger partial charge < -0.3 is 5.32 Å². The average molecular weight is 264 g/mol. The first-order valence-electron chi connectivity index (χ1n) is 5.88. The molecular weight excluding hydrogens is 249 g/mol. The molecule has 1 nitrogen and oxygen atoms in total. The standard InChI is InChI=1S/C15H15ClFN/c1-11(16)14-4-2-3-5-15(14)18-10-12-6-8-13(17)9-7-12/h2-9,11,18H,10H2,1H3. The van der Waals surface area contributed by atoms with Gasteiger partial charge >= 0.3 is 0 Å². The summed E-state index contributed by atoms with van der Waals surface area (Å²) >= 11 is 6.12. The van der Waals surface area contributed by atoms with Crippen molar-refractivity contribution in [3.8, 4) is 0 Å². The number of hydrogen-bond donors (Lipinski definition) is 1. The SMILES string of the molecule is CC(Cl)c1ccccc1NCc1ccc(F)cc1. The summed E-state index contributed by atoms with van der Waals surface area (Å²) in [6.07, 6.45) is 0. The summed E-state index contributed by atoms with van der Waals surface area (Å²) in [6, 6.07) is 14.4. The first kappa shape index (κ1) is 12.9. The zero-order valence-corrected chi connectivity index (χ0v) is 10.9. The maximum absolute atomic E-state index is 12.8. The lowest BCUT2D eigenvalue weighted by Crippen LogP contribution is -2.02. The third kappa shape index (κ3) is 3.23. The normalized spacial score (nSPS) is 12.2. The van der Waals surface area contributed by atoms with Crippen LogP contribution in [-0.2, 0) is 6.54 Å². The smallest absolute Gasteiger partial charge is 0.123 e. The number of nitrogens with one attached hydrogen (secondary N) is 1. The number of para-hydroxylation sites is 1. The molecule has 18 heavy (non-hydrogen) atoms. The molecule has 0 aromatic heterocycles. The molecule has 0 saturated carbocycles. The molecule has 1 atom stereocenters. The van der Waals surface area contributed by atoms with Crippen LogP contribution in [-0.4, -0.2) is 0 Å². The molecule has 3 heteroatoms. The average Bonchev–Trinajstić information content (AvgIpc) is 2.38. The highest BCUT2D eigenvalue weighted by Crippen LogP contribution is 2.27. The van der Waals surface area contributed by atoms with Gasteiger partial charge in [0.05, 0.1) is 5.38 Å². The van der Waals surface area contributed by atoms with Crippen molar-refractivity contribution in [1.29, 1.82) is 0 Å². The van der Waals surface area contributed by atoms with Crippen molar-refractivity contribution in [2.24, 2.45) is 0 Å². The van der Waals surface area contributed by atoms with Gasteiger partial charge in [-0.25, -0.2) is 4.39 Å². The lowest BCUT2D eigenvalue weighted by molar-refractivity contribution is 0.627. The molecule has 0 saturated heterocycles. The summed E-state index contributed by atoms with van der Waals surface area (Å²) in [4.78, 5) is 0. The summed E-state index contributed by atoms with van der Waals surface area (Å²) < 4.78 is 12.8. The molecule has 0 aliphatic heterocycles. The fraction of sp³-hybridized carbons (Fsp3) is 0.200. The molecule has 0 fully saturated rings. The van der Waals surface area contributed by atoms with Gasteiger partial charge in [0, 0.05) is 12.2 Å². The molecular formula is C15H15ClFN. The van der Waals surface area contributed by atoms with Crippen molar-refractivity contribution in [2.75, 3.05) is 5.32 Å². The second kappa shape index (κ2) is 5.87. The Morgan fingerprint density at radius 2 is 1.78 bits per heavy atom. The number of hydrogen-bond acceptors (Lipinski definition) is 1. The molecule has 1 unspecified atom stereocenters. The Bertz CT molecular complexity index is 508. The number of halogens is 2. The first-order valence-corrected chi connectivity index (χ1v) is 6.32. The number of rotatable bonds is 4.